The van der Waals surface area contributed by atoms with Gasteiger partial charge in [-0.3, -0.25) is 4.79 Å². The van der Waals surface area contributed by atoms with Gasteiger partial charge in [0, 0.05) is 10.7 Å². The summed E-state index contributed by atoms with van der Waals surface area (Å²) in [6.45, 7) is 0. The van der Waals surface area contributed by atoms with Crippen LogP contribution in [0.25, 0.3) is 0 Å². The fourth-order valence-corrected chi connectivity index (χ4v) is 2.28. The van der Waals surface area contributed by atoms with Crippen molar-refractivity contribution in [2.45, 2.75) is 0 Å². The molecular weight excluding hydrogens is 383 g/mol. The van der Waals surface area contributed by atoms with E-state index in [9.17, 15) is 4.79 Å². The number of nitrogens with one attached hydrogen (secondary N) is 1. The first-order valence-corrected chi connectivity index (χ1v) is 6.92. The molecule has 0 bridgehead atoms. The maximum Gasteiger partial charge on any atom is 0.257 e. The smallest absolute Gasteiger partial charge is 0.257 e. The molecule has 0 atom stereocenters. The lowest BCUT2D eigenvalue weighted by atomic mass is 10.2. The molecule has 0 fully saturated rings. The third kappa shape index (κ3) is 2.91. The molecule has 0 saturated carbocycles. The van der Waals surface area contributed by atoms with E-state index >= 15 is 0 Å². The molecule has 0 aliphatic rings. The number of pyridine rings is 1. The van der Waals surface area contributed by atoms with Crippen molar-refractivity contribution < 1.29 is 4.79 Å². The van der Waals surface area contributed by atoms with E-state index < -0.39 is 0 Å². The third-order valence-electron chi connectivity index (χ3n) is 2.20. The Morgan fingerprint density at radius 1 is 1.22 bits per heavy atom. The van der Waals surface area contributed by atoms with Crippen molar-refractivity contribution in [2.75, 3.05) is 5.32 Å². The normalized spacial score (nSPS) is 10.2. The molecule has 0 spiro atoms. The average Bonchev–Trinajstić information content (AvgIpc) is 2.35. The van der Waals surface area contributed by atoms with E-state index in [4.69, 9.17) is 11.6 Å². The molecule has 1 N–H and O–H groups in total. The lowest BCUT2D eigenvalue weighted by Crippen LogP contribution is -2.13. The summed E-state index contributed by atoms with van der Waals surface area (Å²) in [7, 11) is 0. The van der Waals surface area contributed by atoms with Gasteiger partial charge in [-0.1, -0.05) is 17.7 Å². The lowest BCUT2D eigenvalue weighted by Gasteiger charge is -2.08. The van der Waals surface area contributed by atoms with Crippen LogP contribution in [0, 0.1) is 0 Å². The van der Waals surface area contributed by atoms with E-state index in [1.807, 2.05) is 0 Å². The Labute approximate surface area is 126 Å². The molecule has 0 radical (unpaired) electrons. The molecule has 0 aliphatic carbocycles. The molecule has 0 saturated heterocycles. The zero-order valence-corrected chi connectivity index (χ0v) is 12.9. The second kappa shape index (κ2) is 5.82. The Kier molecular flexibility index (Phi) is 4.37. The van der Waals surface area contributed by atoms with Gasteiger partial charge in [0.1, 0.15) is 4.60 Å². The molecule has 6 heteroatoms. The maximum atomic E-state index is 12.1. The van der Waals surface area contributed by atoms with E-state index in [1.54, 1.807) is 36.5 Å². The molecule has 2 rings (SSSR count). The van der Waals surface area contributed by atoms with Crippen LogP contribution in [0.3, 0.4) is 0 Å². The maximum absolute atomic E-state index is 12.1. The third-order valence-corrected chi connectivity index (χ3v) is 4.13. The Balaban J connectivity index is 2.28. The van der Waals surface area contributed by atoms with E-state index in [1.165, 1.54) is 0 Å². The first-order valence-electron chi connectivity index (χ1n) is 4.95. The second-order valence-corrected chi connectivity index (χ2v) is 5.38. The molecule has 1 amide bonds. The van der Waals surface area contributed by atoms with Crippen LogP contribution in [0.4, 0.5) is 5.69 Å². The van der Waals surface area contributed by atoms with Crippen LogP contribution in [0.1, 0.15) is 10.4 Å². The van der Waals surface area contributed by atoms with Crippen molar-refractivity contribution >= 4 is 55.1 Å². The van der Waals surface area contributed by atoms with Crippen LogP contribution in [0.5, 0.6) is 0 Å². The van der Waals surface area contributed by atoms with Crippen molar-refractivity contribution in [1.82, 2.24) is 4.98 Å². The minimum atomic E-state index is -0.282. The zero-order chi connectivity index (χ0) is 13.1. The Morgan fingerprint density at radius 2 is 2.00 bits per heavy atom. The van der Waals surface area contributed by atoms with Crippen molar-refractivity contribution in [3.8, 4) is 0 Å². The number of carbonyl (C=O) groups is 1. The van der Waals surface area contributed by atoms with Gasteiger partial charge in [0.05, 0.1) is 16.3 Å². The SMILES string of the molecule is O=C(Nc1cccnc1Br)c1cccc(Br)c1Cl. The number of hydrogen-bond donors (Lipinski definition) is 1. The van der Waals surface area contributed by atoms with Crippen molar-refractivity contribution in [3.63, 3.8) is 0 Å². The topological polar surface area (TPSA) is 42.0 Å². The Morgan fingerprint density at radius 3 is 2.72 bits per heavy atom. The Bertz CT molecular complexity index is 604. The first-order chi connectivity index (χ1) is 8.59. The van der Waals surface area contributed by atoms with Gasteiger partial charge in [-0.05, 0) is 56.1 Å². The van der Waals surface area contributed by atoms with E-state index in [0.29, 0.717) is 25.3 Å². The predicted octanol–water partition coefficient (Wildman–Crippen LogP) is 4.51. The number of carbonyl (C=O) groups excluding carboxylic acids is 1. The summed E-state index contributed by atoms with van der Waals surface area (Å²) in [5.74, 6) is -0.282. The number of hydrogen-bond acceptors (Lipinski definition) is 2. The number of benzene rings is 1. The highest BCUT2D eigenvalue weighted by atomic mass is 79.9. The number of anilines is 1. The molecule has 0 aliphatic heterocycles. The zero-order valence-electron chi connectivity index (χ0n) is 8.95. The van der Waals surface area contributed by atoms with Crippen molar-refractivity contribution in [3.05, 3.63) is 56.2 Å². The van der Waals surface area contributed by atoms with Gasteiger partial charge in [0.15, 0.2) is 0 Å². The van der Waals surface area contributed by atoms with E-state index in [-0.39, 0.29) is 5.91 Å². The molecule has 2 aromatic rings. The number of nitrogens with zero attached hydrogens (tertiary/aromatic N) is 1. The van der Waals surface area contributed by atoms with Gasteiger partial charge in [0.2, 0.25) is 0 Å². The standard InChI is InChI=1S/C12H7Br2ClN2O/c13-8-4-1-3-7(10(8)15)12(18)17-9-5-2-6-16-11(9)14/h1-6H,(H,17,18). The average molecular weight is 390 g/mol. The summed E-state index contributed by atoms with van der Waals surface area (Å²) in [5, 5.41) is 3.13. The highest BCUT2D eigenvalue weighted by molar-refractivity contribution is 9.10. The van der Waals surface area contributed by atoms with Crippen LogP contribution < -0.4 is 5.32 Å². The predicted molar refractivity (Wildman–Crippen MR) is 79.0 cm³/mol. The number of aromatic nitrogens is 1. The van der Waals surface area contributed by atoms with Crippen LogP contribution in [0.15, 0.2) is 45.6 Å². The van der Waals surface area contributed by atoms with Crippen LogP contribution >= 0.6 is 43.5 Å². The number of amides is 1. The van der Waals surface area contributed by atoms with Crippen LogP contribution in [-0.2, 0) is 0 Å². The molecule has 18 heavy (non-hydrogen) atoms. The summed E-state index contributed by atoms with van der Waals surface area (Å²) in [6.07, 6.45) is 1.63. The quantitative estimate of drug-likeness (QED) is 0.767. The van der Waals surface area contributed by atoms with E-state index in [0.717, 1.165) is 0 Å². The molecule has 1 aromatic carbocycles. The summed E-state index contributed by atoms with van der Waals surface area (Å²) in [6, 6.07) is 8.68. The van der Waals surface area contributed by atoms with Crippen LogP contribution in [-0.4, -0.2) is 10.9 Å². The highest BCUT2D eigenvalue weighted by Gasteiger charge is 2.13. The number of halogens is 3. The summed E-state index contributed by atoms with van der Waals surface area (Å²) in [5.41, 5.74) is 1.00. The lowest BCUT2D eigenvalue weighted by molar-refractivity contribution is 0.102. The number of rotatable bonds is 2. The minimum Gasteiger partial charge on any atom is -0.320 e. The summed E-state index contributed by atoms with van der Waals surface area (Å²) < 4.78 is 1.26. The highest BCUT2D eigenvalue weighted by Crippen LogP contribution is 2.27. The van der Waals surface area contributed by atoms with Crippen molar-refractivity contribution in [1.29, 1.82) is 0 Å². The first kappa shape index (κ1) is 13.5. The van der Waals surface area contributed by atoms with Crippen LogP contribution in [0.2, 0.25) is 5.02 Å². The van der Waals surface area contributed by atoms with Gasteiger partial charge >= 0.3 is 0 Å². The molecule has 1 aromatic heterocycles. The van der Waals surface area contributed by atoms with Gasteiger partial charge < -0.3 is 5.32 Å². The molecular formula is C12H7Br2ClN2O. The fourth-order valence-electron chi connectivity index (χ4n) is 1.35. The summed E-state index contributed by atoms with van der Waals surface area (Å²) >= 11 is 12.6. The van der Waals surface area contributed by atoms with Crippen molar-refractivity contribution in [2.24, 2.45) is 0 Å². The minimum absolute atomic E-state index is 0.282. The summed E-state index contributed by atoms with van der Waals surface area (Å²) in [4.78, 5) is 16.1. The van der Waals surface area contributed by atoms with Gasteiger partial charge in [-0.25, -0.2) is 4.98 Å². The fraction of sp³-hybridized carbons (Fsp3) is 0. The molecule has 1 heterocycles. The van der Waals surface area contributed by atoms with Gasteiger partial charge in [-0.2, -0.15) is 0 Å². The van der Waals surface area contributed by atoms with Gasteiger partial charge in [0.25, 0.3) is 5.91 Å². The molecule has 92 valence electrons. The second-order valence-electron chi connectivity index (χ2n) is 3.40. The van der Waals surface area contributed by atoms with E-state index in [2.05, 4.69) is 42.2 Å². The molecule has 3 nitrogen and oxygen atoms in total. The van der Waals surface area contributed by atoms with Gasteiger partial charge in [-0.15, -0.1) is 0 Å². The largest absolute Gasteiger partial charge is 0.320 e. The Hall–Kier alpha value is -0.910. The monoisotopic (exact) mass is 388 g/mol. The molecule has 0 unspecified atom stereocenters.